The van der Waals surface area contributed by atoms with Crippen molar-refractivity contribution in [3.05, 3.63) is 218 Å². The zero-order valence-electron chi connectivity index (χ0n) is 29.7. The summed E-state index contributed by atoms with van der Waals surface area (Å²) in [6.45, 7) is 0. The molecule has 0 aliphatic carbocycles. The Morgan fingerprint density at radius 1 is 0.222 bits per heavy atom. The van der Waals surface area contributed by atoms with Crippen LogP contribution in [-0.4, -0.2) is 9.13 Å². The van der Waals surface area contributed by atoms with Crippen LogP contribution < -0.4 is 0 Å². The second-order valence-corrected chi connectivity index (χ2v) is 13.7. The number of para-hydroxylation sites is 4. The van der Waals surface area contributed by atoms with Crippen molar-refractivity contribution in [2.24, 2.45) is 0 Å². The van der Waals surface area contributed by atoms with E-state index in [4.69, 9.17) is 0 Å². The smallest absolute Gasteiger partial charge is 0.0620 e. The molecule has 0 saturated heterocycles. The van der Waals surface area contributed by atoms with Crippen molar-refractivity contribution in [1.82, 2.24) is 9.13 Å². The van der Waals surface area contributed by atoms with Crippen LogP contribution in [-0.2, 0) is 0 Å². The minimum Gasteiger partial charge on any atom is -0.309 e. The van der Waals surface area contributed by atoms with Gasteiger partial charge in [0.1, 0.15) is 0 Å². The van der Waals surface area contributed by atoms with Crippen LogP contribution in [0.25, 0.3) is 89.1 Å². The Labute approximate surface area is 315 Å². The Morgan fingerprint density at radius 2 is 0.500 bits per heavy atom. The first-order chi connectivity index (χ1) is 26.8. The minimum atomic E-state index is 1.13. The number of fused-ring (bicyclic) bond motifs is 2. The Bertz CT molecular complexity index is 2870. The maximum atomic E-state index is 2.46. The molecule has 10 aromatic rings. The lowest BCUT2D eigenvalue weighted by atomic mass is 9.92. The number of benzene rings is 8. The van der Waals surface area contributed by atoms with E-state index < -0.39 is 0 Å². The van der Waals surface area contributed by atoms with E-state index >= 15 is 0 Å². The molecule has 0 spiro atoms. The molecule has 2 aromatic heterocycles. The summed E-state index contributed by atoms with van der Waals surface area (Å²) < 4.78 is 4.90. The molecule has 0 fully saturated rings. The maximum Gasteiger partial charge on any atom is 0.0620 e. The van der Waals surface area contributed by atoms with E-state index in [1.807, 2.05) is 0 Å². The summed E-state index contributed by atoms with van der Waals surface area (Å²) >= 11 is 0. The van der Waals surface area contributed by atoms with Gasteiger partial charge in [-0.25, -0.2) is 0 Å². The third kappa shape index (κ3) is 5.36. The molecule has 0 N–H and O–H groups in total. The van der Waals surface area contributed by atoms with Crippen molar-refractivity contribution in [3.8, 4) is 67.3 Å². The number of hydrogen-bond acceptors (Lipinski definition) is 0. The highest BCUT2D eigenvalue weighted by Gasteiger charge is 2.28. The van der Waals surface area contributed by atoms with Crippen molar-refractivity contribution in [3.63, 3.8) is 0 Å². The average Bonchev–Trinajstić information content (AvgIpc) is 3.78. The van der Waals surface area contributed by atoms with Gasteiger partial charge in [0.05, 0.1) is 22.4 Å². The number of aromatic nitrogens is 2. The van der Waals surface area contributed by atoms with Crippen molar-refractivity contribution < 1.29 is 0 Å². The Hall–Kier alpha value is -7.16. The van der Waals surface area contributed by atoms with Crippen LogP contribution in [0.2, 0.25) is 0 Å². The summed E-state index contributed by atoms with van der Waals surface area (Å²) in [5.74, 6) is 0. The SMILES string of the molecule is c1ccc(-c2ccc(-c3ccc(-c4c(-c5c(-c6ccccc6)n(-c6ccccc6)c6ccccc56)c5ccccc5n4-c4ccccc4)cc3)cc2)cc1. The van der Waals surface area contributed by atoms with Crippen LogP contribution in [0.1, 0.15) is 0 Å². The molecule has 2 heteroatoms. The van der Waals surface area contributed by atoms with Gasteiger partial charge < -0.3 is 9.13 Å². The molecule has 54 heavy (non-hydrogen) atoms. The van der Waals surface area contributed by atoms with Gasteiger partial charge in [-0.15, -0.1) is 0 Å². The molecule has 254 valence electrons. The molecular formula is C52H36N2. The molecule has 0 radical (unpaired) electrons. The monoisotopic (exact) mass is 688 g/mol. The quantitative estimate of drug-likeness (QED) is 0.158. The normalized spacial score (nSPS) is 11.3. The lowest BCUT2D eigenvalue weighted by molar-refractivity contribution is 1.13. The van der Waals surface area contributed by atoms with Crippen LogP contribution >= 0.6 is 0 Å². The van der Waals surface area contributed by atoms with Crippen LogP contribution in [0.3, 0.4) is 0 Å². The molecule has 8 aromatic carbocycles. The average molecular weight is 689 g/mol. The first-order valence-electron chi connectivity index (χ1n) is 18.5. The second-order valence-electron chi connectivity index (χ2n) is 13.7. The van der Waals surface area contributed by atoms with E-state index in [0.717, 1.165) is 16.9 Å². The topological polar surface area (TPSA) is 9.86 Å². The van der Waals surface area contributed by atoms with E-state index in [1.54, 1.807) is 0 Å². The Balaban J connectivity index is 1.26. The van der Waals surface area contributed by atoms with Gasteiger partial charge in [-0.3, -0.25) is 0 Å². The van der Waals surface area contributed by atoms with Crippen molar-refractivity contribution in [2.45, 2.75) is 0 Å². The zero-order chi connectivity index (χ0) is 35.8. The minimum absolute atomic E-state index is 1.13. The molecule has 2 heterocycles. The largest absolute Gasteiger partial charge is 0.309 e. The van der Waals surface area contributed by atoms with Gasteiger partial charge in [0.25, 0.3) is 0 Å². The van der Waals surface area contributed by atoms with E-state index in [-0.39, 0.29) is 0 Å². The van der Waals surface area contributed by atoms with E-state index in [2.05, 4.69) is 228 Å². The summed E-state index contributed by atoms with van der Waals surface area (Å²) in [5, 5.41) is 2.43. The van der Waals surface area contributed by atoms with Gasteiger partial charge in [-0.05, 0) is 69.8 Å². The summed E-state index contributed by atoms with van der Waals surface area (Å²) in [7, 11) is 0. The van der Waals surface area contributed by atoms with Crippen molar-refractivity contribution >= 4 is 21.8 Å². The van der Waals surface area contributed by atoms with E-state index in [0.29, 0.717) is 0 Å². The van der Waals surface area contributed by atoms with Crippen molar-refractivity contribution in [2.75, 3.05) is 0 Å². The van der Waals surface area contributed by atoms with Crippen LogP contribution in [0.5, 0.6) is 0 Å². The van der Waals surface area contributed by atoms with Crippen LogP contribution in [0, 0.1) is 0 Å². The molecule has 0 atom stereocenters. The van der Waals surface area contributed by atoms with Gasteiger partial charge in [0.2, 0.25) is 0 Å². The molecule has 0 aliphatic heterocycles. The van der Waals surface area contributed by atoms with Gasteiger partial charge >= 0.3 is 0 Å². The molecule has 0 aliphatic rings. The predicted molar refractivity (Wildman–Crippen MR) is 227 cm³/mol. The summed E-state index contributed by atoms with van der Waals surface area (Å²) in [6, 6.07) is 78.8. The van der Waals surface area contributed by atoms with E-state index in [1.165, 1.54) is 72.1 Å². The van der Waals surface area contributed by atoms with Gasteiger partial charge in [-0.2, -0.15) is 0 Å². The Kier molecular flexibility index (Phi) is 7.85. The van der Waals surface area contributed by atoms with Crippen LogP contribution in [0.4, 0.5) is 0 Å². The number of hydrogen-bond donors (Lipinski definition) is 0. The third-order valence-electron chi connectivity index (χ3n) is 10.6. The lowest BCUT2D eigenvalue weighted by Gasteiger charge is -2.16. The first-order valence-corrected chi connectivity index (χ1v) is 18.5. The fourth-order valence-electron chi connectivity index (χ4n) is 8.13. The summed E-state index contributed by atoms with van der Waals surface area (Å²) in [4.78, 5) is 0. The molecule has 2 nitrogen and oxygen atoms in total. The second kappa shape index (κ2) is 13.4. The highest BCUT2D eigenvalue weighted by atomic mass is 15.0. The summed E-state index contributed by atoms with van der Waals surface area (Å²) in [5.41, 5.74) is 16.6. The fraction of sp³-hybridized carbons (Fsp3) is 0. The molecule has 0 amide bonds. The number of rotatable bonds is 7. The van der Waals surface area contributed by atoms with Gasteiger partial charge in [-0.1, -0.05) is 182 Å². The third-order valence-corrected chi connectivity index (χ3v) is 10.6. The molecule has 0 saturated carbocycles. The fourth-order valence-corrected chi connectivity index (χ4v) is 8.13. The van der Waals surface area contributed by atoms with Gasteiger partial charge in [0, 0.05) is 33.3 Å². The molecular weight excluding hydrogens is 653 g/mol. The molecule has 0 unspecified atom stereocenters. The lowest BCUT2D eigenvalue weighted by Crippen LogP contribution is -1.99. The molecule has 0 bridgehead atoms. The standard InChI is InChI=1S/C52H36N2/c1-5-17-37(18-6-1)38-29-31-39(32-30-38)40-33-35-42(36-34-40)52-50(46-26-14-16-28-48(46)54(52)44-23-11-4-12-24-44)49-45-25-13-15-27-47(45)53(43-21-9-3-10-22-43)51(49)41-19-7-2-8-20-41/h1-36H. The summed E-state index contributed by atoms with van der Waals surface area (Å²) in [6.07, 6.45) is 0. The van der Waals surface area contributed by atoms with Gasteiger partial charge in [0.15, 0.2) is 0 Å². The first kappa shape index (κ1) is 31.6. The maximum absolute atomic E-state index is 2.46. The highest BCUT2D eigenvalue weighted by molar-refractivity contribution is 6.16. The molecule has 10 rings (SSSR count). The number of nitrogens with zero attached hydrogens (tertiary/aromatic N) is 2. The van der Waals surface area contributed by atoms with E-state index in [9.17, 15) is 0 Å². The van der Waals surface area contributed by atoms with Crippen molar-refractivity contribution in [1.29, 1.82) is 0 Å². The zero-order valence-corrected chi connectivity index (χ0v) is 29.7. The predicted octanol–water partition coefficient (Wildman–Crippen LogP) is 13.9. The Morgan fingerprint density at radius 3 is 0.907 bits per heavy atom. The van der Waals surface area contributed by atoms with Crippen LogP contribution in [0.15, 0.2) is 218 Å². The highest BCUT2D eigenvalue weighted by Crippen LogP contribution is 2.50.